The molecule has 0 radical (unpaired) electrons. The number of amides is 7. The van der Waals surface area contributed by atoms with Gasteiger partial charge in [-0.05, 0) is 60.2 Å². The number of hydrogen-bond donors (Lipinski definition) is 9. The summed E-state index contributed by atoms with van der Waals surface area (Å²) in [6, 6.07) is 12.8. The van der Waals surface area contributed by atoms with Gasteiger partial charge in [-0.15, -0.1) is 16.4 Å². The Bertz CT molecular complexity index is 2620. The maximum absolute atomic E-state index is 15.1. The summed E-state index contributed by atoms with van der Waals surface area (Å²) in [5, 5.41) is 37.6. The van der Waals surface area contributed by atoms with Crippen LogP contribution in [0.15, 0.2) is 78.4 Å². The van der Waals surface area contributed by atoms with Crippen molar-refractivity contribution in [2.75, 3.05) is 13.1 Å². The topological polar surface area (TPSA) is 302 Å². The van der Waals surface area contributed by atoms with Crippen molar-refractivity contribution in [1.82, 2.24) is 51.5 Å². The van der Waals surface area contributed by atoms with E-state index in [1.54, 1.807) is 35.3 Å². The van der Waals surface area contributed by atoms with Gasteiger partial charge in [-0.2, -0.15) is 0 Å². The normalized spacial score (nSPS) is 24.4. The minimum absolute atomic E-state index is 0.0407. The number of aliphatic hydroxyl groups is 1. The summed E-state index contributed by atoms with van der Waals surface area (Å²) in [4.78, 5) is 101. The van der Waals surface area contributed by atoms with E-state index in [4.69, 9.17) is 11.5 Å². The van der Waals surface area contributed by atoms with Crippen LogP contribution < -0.4 is 38.1 Å². The van der Waals surface area contributed by atoms with E-state index in [1.165, 1.54) is 4.90 Å². The van der Waals surface area contributed by atoms with Crippen LogP contribution in [0, 0.1) is 5.92 Å². The lowest BCUT2D eigenvalue weighted by atomic mass is 9.96. The molecule has 366 valence electrons. The van der Waals surface area contributed by atoms with E-state index >= 15 is 4.79 Å². The third kappa shape index (κ3) is 12.6. The van der Waals surface area contributed by atoms with Gasteiger partial charge in [-0.25, -0.2) is 4.68 Å². The number of primary amides is 2. The number of nitrogens with two attached hydrogens (primary N) is 2. The predicted molar refractivity (Wildman–Crippen MR) is 257 cm³/mol. The van der Waals surface area contributed by atoms with Gasteiger partial charge in [0.2, 0.25) is 41.4 Å². The van der Waals surface area contributed by atoms with E-state index in [1.807, 2.05) is 73.0 Å². The van der Waals surface area contributed by atoms with E-state index < -0.39 is 96.2 Å². The number of carbonyl (C=O) groups excluding carboxylic acids is 7. The average Bonchev–Trinajstić information content (AvgIpc) is 4.19. The van der Waals surface area contributed by atoms with Crippen molar-refractivity contribution >= 4 is 63.6 Å². The van der Waals surface area contributed by atoms with Crippen molar-refractivity contribution in [3.63, 3.8) is 0 Å². The van der Waals surface area contributed by atoms with Gasteiger partial charge in [0.15, 0.2) is 0 Å². The highest BCUT2D eigenvalue weighted by atomic mass is 32.1. The zero-order valence-electron chi connectivity index (χ0n) is 38.6. The van der Waals surface area contributed by atoms with Crippen LogP contribution in [0.2, 0.25) is 0 Å². The van der Waals surface area contributed by atoms with E-state index in [9.17, 15) is 33.9 Å². The Balaban J connectivity index is 1.24. The number of thiophene rings is 1. The zero-order valence-corrected chi connectivity index (χ0v) is 39.4. The summed E-state index contributed by atoms with van der Waals surface area (Å²) >= 11 is 1.63. The second-order valence-corrected chi connectivity index (χ2v) is 18.7. The Labute approximate surface area is 402 Å². The Hall–Kier alpha value is -6.97. The molecule has 8 atom stereocenters. The Morgan fingerprint density at radius 3 is 2.39 bits per heavy atom. The number of nitrogens with zero attached hydrogens (tertiary/aromatic N) is 4. The van der Waals surface area contributed by atoms with Gasteiger partial charge in [0, 0.05) is 59.9 Å². The van der Waals surface area contributed by atoms with Gasteiger partial charge in [-0.3, -0.25) is 38.9 Å². The average molecular weight is 965 g/mol. The number of benzene rings is 2. The number of aromatic amines is 1. The molecule has 5 aromatic rings. The molecular formula is C48H60N12O8S. The molecule has 7 amide bonds. The zero-order chi connectivity index (χ0) is 49.2. The number of para-hydroxylation sites is 1. The highest BCUT2D eigenvalue weighted by Gasteiger charge is 2.45. The van der Waals surface area contributed by atoms with Crippen LogP contribution in [0.3, 0.4) is 0 Å². The molecule has 1 unspecified atom stereocenters. The molecule has 5 heterocycles. The first-order chi connectivity index (χ1) is 33.2. The maximum atomic E-state index is 15.1. The molecule has 2 aliphatic heterocycles. The summed E-state index contributed by atoms with van der Waals surface area (Å²) in [6.07, 6.45) is 2.42. The number of hydrogen-bond acceptors (Lipinski definition) is 12. The number of rotatable bonds is 10. The molecular weight excluding hydrogens is 905 g/mol. The molecule has 7 rings (SSSR count). The maximum Gasteiger partial charge on any atom is 0.246 e. The Morgan fingerprint density at radius 1 is 0.913 bits per heavy atom. The van der Waals surface area contributed by atoms with E-state index in [2.05, 4.69) is 41.9 Å². The fraction of sp³-hybridized carbons (Fsp3) is 0.438. The summed E-state index contributed by atoms with van der Waals surface area (Å²) < 4.78 is 1.61. The standard InChI is InChI=1S/C48H60N12O8S/c1-3-27(2)43-48(68)59-25-31(60-26-37(57-58-60)28-13-15-29(16-14-28)39-12-8-20-69-39)22-38(59)47(67)55-35(21-30-24-52-33-10-5-4-9-32(30)33)45(65)54-34(44(50)64)11-6-7-19-51-41(62)17-18-42(63)53-36(23-40(49)61)46(66)56-43/h4-5,8-10,12-16,20,24,26-27,31,34-36,38,43,45,52,54,65H,3,6-7,11,17-19,21-23,25H2,1-2H3,(H2,49,61)(H2,50,64)(H,51,62)(H,53,63)(H,55,67)(H,56,66)/t27-,31-,34-,35-,36-,38-,43-,45?/m0/s1. The van der Waals surface area contributed by atoms with Crippen molar-refractivity contribution in [1.29, 1.82) is 0 Å². The van der Waals surface area contributed by atoms with Gasteiger partial charge in [0.05, 0.1) is 30.7 Å². The first kappa shape index (κ1) is 49.9. The molecule has 69 heavy (non-hydrogen) atoms. The van der Waals surface area contributed by atoms with Crippen LogP contribution in [0.4, 0.5) is 0 Å². The lowest BCUT2D eigenvalue weighted by molar-refractivity contribution is -0.143. The molecule has 0 spiro atoms. The van der Waals surface area contributed by atoms with Crippen LogP contribution in [0.25, 0.3) is 32.6 Å². The number of aromatic nitrogens is 4. The predicted octanol–water partition coefficient (Wildman–Crippen LogP) is 1.76. The first-order valence-electron chi connectivity index (χ1n) is 23.3. The highest BCUT2D eigenvalue weighted by Crippen LogP contribution is 2.32. The van der Waals surface area contributed by atoms with Gasteiger partial charge in [-0.1, -0.05) is 74.0 Å². The minimum Gasteiger partial charge on any atom is -0.376 e. The molecule has 3 aromatic heterocycles. The summed E-state index contributed by atoms with van der Waals surface area (Å²) in [6.45, 7) is 3.75. The fourth-order valence-corrected chi connectivity index (χ4v) is 9.56. The van der Waals surface area contributed by atoms with Crippen molar-refractivity contribution in [3.05, 3.63) is 84.0 Å². The van der Waals surface area contributed by atoms with Crippen LogP contribution >= 0.6 is 11.3 Å². The van der Waals surface area contributed by atoms with Crippen molar-refractivity contribution in [2.45, 2.75) is 114 Å². The molecule has 0 aliphatic carbocycles. The number of nitrogens with one attached hydrogen (secondary N) is 6. The second kappa shape index (κ2) is 22.9. The molecule has 20 nitrogen and oxygen atoms in total. The molecule has 0 saturated carbocycles. The SMILES string of the molecule is CC[C@H](C)[C@@H]1NC(=O)[C@H](CC(N)=O)NC(=O)CCC(=O)NCCCC[C@@H](C(N)=O)NC(O)[C@H](Cc2c[nH]c3ccccc23)NC(=O)[C@@H]2C[C@H](n3cc(-c4ccc(-c5cccs5)cc4)nn3)CN2C1=O. The molecule has 11 N–H and O–H groups in total. The van der Waals surface area contributed by atoms with Crippen molar-refractivity contribution in [2.24, 2.45) is 17.4 Å². The summed E-state index contributed by atoms with van der Waals surface area (Å²) in [5.41, 5.74) is 15.3. The van der Waals surface area contributed by atoms with Crippen molar-refractivity contribution in [3.8, 4) is 21.7 Å². The monoisotopic (exact) mass is 964 g/mol. The molecule has 2 saturated heterocycles. The first-order valence-corrected chi connectivity index (χ1v) is 24.2. The fourth-order valence-electron chi connectivity index (χ4n) is 8.83. The van der Waals surface area contributed by atoms with Gasteiger partial charge in [0.1, 0.15) is 30.0 Å². The van der Waals surface area contributed by atoms with Crippen molar-refractivity contribution < 1.29 is 38.7 Å². The number of fused-ring (bicyclic) bond motifs is 2. The van der Waals surface area contributed by atoms with Crippen LogP contribution in [0.5, 0.6) is 0 Å². The van der Waals surface area contributed by atoms with Gasteiger partial charge >= 0.3 is 0 Å². The van der Waals surface area contributed by atoms with E-state index in [0.29, 0.717) is 25.0 Å². The molecule has 2 fully saturated rings. The minimum atomic E-state index is -1.52. The molecule has 0 bridgehead atoms. The number of aliphatic hydroxyl groups excluding tert-OH is 1. The lowest BCUT2D eigenvalue weighted by Gasteiger charge is -2.33. The van der Waals surface area contributed by atoms with Gasteiger partial charge < -0.3 is 47.7 Å². The molecule has 2 aromatic carbocycles. The molecule has 2 aliphatic rings. The second-order valence-electron chi connectivity index (χ2n) is 17.8. The van der Waals surface area contributed by atoms with Gasteiger partial charge in [0.25, 0.3) is 0 Å². The highest BCUT2D eigenvalue weighted by molar-refractivity contribution is 7.13. The van der Waals surface area contributed by atoms with E-state index in [0.717, 1.165) is 32.5 Å². The van der Waals surface area contributed by atoms with Crippen LogP contribution in [-0.4, -0.2) is 121 Å². The quantitative estimate of drug-likeness (QED) is 0.0972. The Morgan fingerprint density at radius 2 is 1.67 bits per heavy atom. The third-order valence-electron chi connectivity index (χ3n) is 12.9. The number of H-pyrrole nitrogens is 1. The van der Waals surface area contributed by atoms with Crippen LogP contribution in [-0.2, 0) is 40.0 Å². The largest absolute Gasteiger partial charge is 0.376 e. The molecule has 21 heteroatoms. The third-order valence-corrected chi connectivity index (χ3v) is 13.8. The summed E-state index contributed by atoms with van der Waals surface area (Å²) in [5.74, 6) is -5.39. The van der Waals surface area contributed by atoms with E-state index in [-0.39, 0.29) is 45.2 Å². The summed E-state index contributed by atoms with van der Waals surface area (Å²) in [7, 11) is 0. The smallest absolute Gasteiger partial charge is 0.246 e. The van der Waals surface area contributed by atoms with Crippen LogP contribution in [0.1, 0.15) is 76.8 Å². The Kier molecular flexibility index (Phi) is 16.6. The number of carbonyl (C=O) groups is 7. The lowest BCUT2D eigenvalue weighted by Crippen LogP contribution is -2.61.